The molecule has 2 N–H and O–H groups in total. The zero-order valence-electron chi connectivity index (χ0n) is 29.7. The highest BCUT2D eigenvalue weighted by Crippen LogP contribution is 2.48. The van der Waals surface area contributed by atoms with Gasteiger partial charge < -0.3 is 10.8 Å². The minimum absolute atomic E-state index is 0.279. The molecule has 0 amide bonds. The molecule has 0 radical (unpaired) electrons. The van der Waals surface area contributed by atoms with Crippen LogP contribution in [0.5, 0.6) is 0 Å². The molecule has 0 aromatic heterocycles. The lowest BCUT2D eigenvalue weighted by molar-refractivity contribution is 1.49. The fraction of sp³-hybridized carbons (Fsp3) is 0. The maximum atomic E-state index is 9.24. The number of hydrogen-bond donors (Lipinski definition) is 2. The van der Waals surface area contributed by atoms with Crippen LogP contribution < -0.4 is 0 Å². The van der Waals surface area contributed by atoms with Crippen LogP contribution in [0.4, 0.5) is 0 Å². The van der Waals surface area contributed by atoms with Crippen LogP contribution in [0.25, 0.3) is 86.9 Å². The largest absolute Gasteiger partial charge is 0.300 e. The van der Waals surface area contributed by atoms with Crippen molar-refractivity contribution < 1.29 is 0 Å². The average molecular weight is 689 g/mol. The van der Waals surface area contributed by atoms with Crippen molar-refractivity contribution in [3.05, 3.63) is 206 Å². The van der Waals surface area contributed by atoms with Gasteiger partial charge in [0.05, 0.1) is 11.4 Å². The molecule has 9 rings (SSSR count). The fourth-order valence-corrected chi connectivity index (χ4v) is 8.09. The van der Waals surface area contributed by atoms with Gasteiger partial charge in [-0.1, -0.05) is 165 Å². The second-order valence-electron chi connectivity index (χ2n) is 13.7. The summed E-state index contributed by atoms with van der Waals surface area (Å²) < 4.78 is 0. The molecule has 0 aliphatic heterocycles. The van der Waals surface area contributed by atoms with Crippen molar-refractivity contribution in [2.45, 2.75) is 0 Å². The van der Waals surface area contributed by atoms with Crippen LogP contribution >= 0.6 is 0 Å². The molecule has 2 heteroatoms. The Morgan fingerprint density at radius 1 is 0.426 bits per heavy atom. The molecule has 0 heterocycles. The van der Waals surface area contributed by atoms with E-state index in [1.807, 2.05) is 0 Å². The van der Waals surface area contributed by atoms with Crippen molar-refractivity contribution in [2.24, 2.45) is 0 Å². The smallest absolute Gasteiger partial charge is 0.0612 e. The van der Waals surface area contributed by atoms with Gasteiger partial charge in [0.2, 0.25) is 0 Å². The first kappa shape index (κ1) is 32.7. The Labute approximate surface area is 314 Å². The zero-order chi connectivity index (χ0) is 36.8. The molecular formula is C52H36N2. The Balaban J connectivity index is 1.39. The Kier molecular flexibility index (Phi) is 8.14. The SMILES string of the molecule is C=C/C=C\C(=N)C(=C)/C=C\C(=N)c1ccc2c(-c3cc4ccccc4c4ccccc34)c3ccccc3c(-c3cc4ccccc4c4ccccc34)c2c1. The summed E-state index contributed by atoms with van der Waals surface area (Å²) in [5, 5.41) is 31.8. The lowest BCUT2D eigenvalue weighted by Crippen LogP contribution is -1.99. The predicted octanol–water partition coefficient (Wildman–Crippen LogP) is 14.2. The predicted molar refractivity (Wildman–Crippen MR) is 235 cm³/mol. The third-order valence-corrected chi connectivity index (χ3v) is 10.6. The minimum Gasteiger partial charge on any atom is -0.300 e. The summed E-state index contributed by atoms with van der Waals surface area (Å²) >= 11 is 0. The van der Waals surface area contributed by atoms with Crippen LogP contribution in [0.2, 0.25) is 0 Å². The molecule has 54 heavy (non-hydrogen) atoms. The van der Waals surface area contributed by atoms with Crippen molar-refractivity contribution in [3.63, 3.8) is 0 Å². The Morgan fingerprint density at radius 2 is 0.870 bits per heavy atom. The molecular weight excluding hydrogens is 653 g/mol. The van der Waals surface area contributed by atoms with Gasteiger partial charge in [-0.3, -0.25) is 0 Å². The summed E-state index contributed by atoms with van der Waals surface area (Å²) in [4.78, 5) is 0. The highest BCUT2D eigenvalue weighted by Gasteiger charge is 2.21. The average Bonchev–Trinajstić information content (AvgIpc) is 3.23. The number of allylic oxidation sites excluding steroid dienone is 6. The Hall–Kier alpha value is -7.16. The normalized spacial score (nSPS) is 11.9. The Morgan fingerprint density at radius 3 is 1.41 bits per heavy atom. The van der Waals surface area contributed by atoms with Gasteiger partial charge in [0, 0.05) is 5.56 Å². The molecule has 254 valence electrons. The van der Waals surface area contributed by atoms with Crippen molar-refractivity contribution >= 4 is 76.1 Å². The van der Waals surface area contributed by atoms with Gasteiger partial charge in [-0.15, -0.1) is 0 Å². The van der Waals surface area contributed by atoms with Crippen LogP contribution in [0.3, 0.4) is 0 Å². The van der Waals surface area contributed by atoms with Gasteiger partial charge in [0.15, 0.2) is 0 Å². The summed E-state index contributed by atoms with van der Waals surface area (Å²) in [6, 6.07) is 54.7. The number of hydrogen-bond acceptors (Lipinski definition) is 2. The molecule has 0 saturated heterocycles. The molecule has 0 saturated carbocycles. The van der Waals surface area contributed by atoms with Crippen LogP contribution in [0.15, 0.2) is 201 Å². The van der Waals surface area contributed by atoms with Crippen LogP contribution in [-0.4, -0.2) is 11.4 Å². The Bertz CT molecular complexity index is 3120. The van der Waals surface area contributed by atoms with E-state index in [0.29, 0.717) is 11.3 Å². The second-order valence-corrected chi connectivity index (χ2v) is 13.7. The lowest BCUT2D eigenvalue weighted by atomic mass is 9.82. The summed E-state index contributed by atoms with van der Waals surface area (Å²) in [6.45, 7) is 7.76. The van der Waals surface area contributed by atoms with Gasteiger partial charge in [0.25, 0.3) is 0 Å². The molecule has 2 nitrogen and oxygen atoms in total. The van der Waals surface area contributed by atoms with Crippen LogP contribution in [0.1, 0.15) is 5.56 Å². The monoisotopic (exact) mass is 688 g/mol. The van der Waals surface area contributed by atoms with Gasteiger partial charge in [-0.05, 0) is 123 Å². The maximum absolute atomic E-state index is 9.24. The zero-order valence-corrected chi connectivity index (χ0v) is 29.7. The highest BCUT2D eigenvalue weighted by atomic mass is 14.4. The van der Waals surface area contributed by atoms with Crippen LogP contribution in [0, 0.1) is 10.8 Å². The van der Waals surface area contributed by atoms with E-state index in [1.165, 1.54) is 59.6 Å². The van der Waals surface area contributed by atoms with E-state index in [9.17, 15) is 5.41 Å². The molecule has 0 fully saturated rings. The van der Waals surface area contributed by atoms with E-state index in [1.54, 1.807) is 30.4 Å². The molecule has 9 aromatic carbocycles. The maximum Gasteiger partial charge on any atom is 0.0612 e. The topological polar surface area (TPSA) is 47.7 Å². The molecule has 0 unspecified atom stereocenters. The summed E-state index contributed by atoms with van der Waals surface area (Å²) in [5.41, 5.74) is 6.62. The van der Waals surface area contributed by atoms with E-state index in [-0.39, 0.29) is 5.71 Å². The molecule has 0 aliphatic carbocycles. The van der Waals surface area contributed by atoms with Crippen molar-refractivity contribution in [1.82, 2.24) is 0 Å². The van der Waals surface area contributed by atoms with Crippen molar-refractivity contribution in [1.29, 1.82) is 10.8 Å². The highest BCUT2D eigenvalue weighted by molar-refractivity contribution is 6.29. The van der Waals surface area contributed by atoms with Crippen molar-refractivity contribution in [3.8, 4) is 22.3 Å². The standard InChI is InChI=1S/C52H36N2/c1-3-4-25-49(53)33(2)26-29-50(54)36-27-28-45-48(32-36)52(47-31-35-16-6-8-18-38(35)40-20-10-12-22-42(40)47)44-24-14-13-23-43(44)51(45)46-30-34-15-5-7-17-37(34)39-19-9-11-21-41(39)46/h3-32,53-54H,1-2H2/b25-4-,29-26-,53-49?,54-50?. The van der Waals surface area contributed by atoms with E-state index in [0.717, 1.165) is 32.8 Å². The molecule has 0 bridgehead atoms. The first-order valence-electron chi connectivity index (χ1n) is 18.2. The lowest BCUT2D eigenvalue weighted by Gasteiger charge is -2.21. The first-order valence-corrected chi connectivity index (χ1v) is 18.2. The summed E-state index contributed by atoms with van der Waals surface area (Å²) in [6.07, 6.45) is 8.49. The quantitative estimate of drug-likeness (QED) is 0.0691. The summed E-state index contributed by atoms with van der Waals surface area (Å²) in [7, 11) is 0. The van der Waals surface area contributed by atoms with E-state index in [4.69, 9.17) is 5.41 Å². The fourth-order valence-electron chi connectivity index (χ4n) is 8.09. The minimum atomic E-state index is 0.279. The van der Waals surface area contributed by atoms with E-state index >= 15 is 0 Å². The number of fused-ring (bicyclic) bond motifs is 8. The molecule has 0 atom stereocenters. The van der Waals surface area contributed by atoms with E-state index < -0.39 is 0 Å². The third-order valence-electron chi connectivity index (χ3n) is 10.6. The van der Waals surface area contributed by atoms with Gasteiger partial charge in [-0.2, -0.15) is 0 Å². The molecule has 0 aliphatic rings. The second kappa shape index (κ2) is 13.4. The number of nitrogens with one attached hydrogen (secondary N) is 2. The molecule has 0 spiro atoms. The molecule has 9 aromatic rings. The van der Waals surface area contributed by atoms with Crippen molar-refractivity contribution in [2.75, 3.05) is 0 Å². The third kappa shape index (κ3) is 5.44. The van der Waals surface area contributed by atoms with Gasteiger partial charge >= 0.3 is 0 Å². The van der Waals surface area contributed by atoms with Crippen LogP contribution in [-0.2, 0) is 0 Å². The summed E-state index contributed by atoms with van der Waals surface area (Å²) in [5.74, 6) is 0. The van der Waals surface area contributed by atoms with E-state index in [2.05, 4.69) is 165 Å². The number of benzene rings is 9. The number of rotatable bonds is 8. The van der Waals surface area contributed by atoms with Gasteiger partial charge in [-0.25, -0.2) is 0 Å². The van der Waals surface area contributed by atoms with Gasteiger partial charge in [0.1, 0.15) is 0 Å². The first-order chi connectivity index (χ1) is 26.5.